The van der Waals surface area contributed by atoms with Gasteiger partial charge in [-0.1, -0.05) is 18.2 Å². The summed E-state index contributed by atoms with van der Waals surface area (Å²) < 4.78 is 19.0. The number of halogens is 1. The smallest absolute Gasteiger partial charge is 0.224 e. The summed E-state index contributed by atoms with van der Waals surface area (Å²) in [7, 11) is 0. The van der Waals surface area contributed by atoms with Crippen LogP contribution in [0.25, 0.3) is 10.9 Å². The van der Waals surface area contributed by atoms with E-state index in [1.165, 1.54) is 12.1 Å². The Kier molecular flexibility index (Phi) is 3.54. The third-order valence-electron chi connectivity index (χ3n) is 3.33. The lowest BCUT2D eigenvalue weighted by molar-refractivity contribution is 0.453. The summed E-state index contributed by atoms with van der Waals surface area (Å²) in [5.74, 6) is 0.755. The Morgan fingerprint density at radius 3 is 2.71 bits per heavy atom. The van der Waals surface area contributed by atoms with E-state index in [0.717, 1.165) is 16.5 Å². The van der Waals surface area contributed by atoms with Crippen molar-refractivity contribution in [3.05, 3.63) is 65.5 Å². The number of aromatic nitrogens is 1. The maximum atomic E-state index is 13.1. The fraction of sp³-hybridized carbons (Fsp3) is 0.118. The summed E-state index contributed by atoms with van der Waals surface area (Å²) in [6, 6.07) is 14.1. The summed E-state index contributed by atoms with van der Waals surface area (Å²) in [6.07, 6.45) is 0. The summed E-state index contributed by atoms with van der Waals surface area (Å²) in [5, 5.41) is 1.01. The van der Waals surface area contributed by atoms with Crippen LogP contribution in [0.3, 0.4) is 0 Å². The minimum atomic E-state index is -0.287. The van der Waals surface area contributed by atoms with Crippen LogP contribution in [-0.2, 0) is 6.54 Å². The zero-order chi connectivity index (χ0) is 14.8. The number of para-hydroxylation sites is 1. The van der Waals surface area contributed by atoms with Gasteiger partial charge in [0.15, 0.2) is 0 Å². The topological polar surface area (TPSA) is 48.1 Å². The second kappa shape index (κ2) is 5.50. The van der Waals surface area contributed by atoms with Gasteiger partial charge in [0, 0.05) is 17.5 Å². The van der Waals surface area contributed by atoms with E-state index < -0.39 is 0 Å². The van der Waals surface area contributed by atoms with Crippen LogP contribution >= 0.6 is 0 Å². The third kappa shape index (κ3) is 2.71. The Balaban J connectivity index is 2.06. The lowest BCUT2D eigenvalue weighted by Gasteiger charge is -2.12. The molecule has 0 aliphatic carbocycles. The predicted octanol–water partition coefficient (Wildman–Crippen LogP) is 3.93. The van der Waals surface area contributed by atoms with Crippen LogP contribution in [0.4, 0.5) is 4.39 Å². The van der Waals surface area contributed by atoms with Gasteiger partial charge in [0.05, 0.1) is 5.52 Å². The van der Waals surface area contributed by atoms with Crippen LogP contribution in [0.5, 0.6) is 11.6 Å². The molecule has 0 saturated heterocycles. The first-order valence-corrected chi connectivity index (χ1v) is 6.70. The normalized spacial score (nSPS) is 10.8. The molecule has 0 bridgehead atoms. The SMILES string of the molecule is Cc1cc(F)ccc1Oc1nc2ccccc2cc1CN. The first-order chi connectivity index (χ1) is 10.2. The van der Waals surface area contributed by atoms with E-state index in [4.69, 9.17) is 10.5 Å². The van der Waals surface area contributed by atoms with Crippen molar-refractivity contribution in [2.45, 2.75) is 13.5 Å². The first kappa shape index (κ1) is 13.5. The third-order valence-corrected chi connectivity index (χ3v) is 3.33. The van der Waals surface area contributed by atoms with E-state index in [2.05, 4.69) is 4.98 Å². The lowest BCUT2D eigenvalue weighted by Crippen LogP contribution is -2.02. The Morgan fingerprint density at radius 1 is 1.14 bits per heavy atom. The summed E-state index contributed by atoms with van der Waals surface area (Å²) >= 11 is 0. The number of pyridine rings is 1. The number of hydrogen-bond donors (Lipinski definition) is 1. The molecule has 21 heavy (non-hydrogen) atoms. The molecule has 0 saturated carbocycles. The zero-order valence-corrected chi connectivity index (χ0v) is 11.6. The van der Waals surface area contributed by atoms with E-state index in [1.54, 1.807) is 13.0 Å². The molecule has 3 nitrogen and oxygen atoms in total. The maximum Gasteiger partial charge on any atom is 0.224 e. The summed E-state index contributed by atoms with van der Waals surface area (Å²) in [4.78, 5) is 4.51. The van der Waals surface area contributed by atoms with Gasteiger partial charge in [-0.25, -0.2) is 9.37 Å². The molecule has 0 aliphatic heterocycles. The molecule has 1 heterocycles. The number of benzene rings is 2. The van der Waals surface area contributed by atoms with E-state index in [-0.39, 0.29) is 5.82 Å². The second-order valence-electron chi connectivity index (χ2n) is 4.86. The number of ether oxygens (including phenoxy) is 1. The van der Waals surface area contributed by atoms with Gasteiger partial charge in [-0.3, -0.25) is 0 Å². The highest BCUT2D eigenvalue weighted by Gasteiger charge is 2.10. The predicted molar refractivity (Wildman–Crippen MR) is 80.8 cm³/mol. The minimum Gasteiger partial charge on any atom is -0.438 e. The lowest BCUT2D eigenvalue weighted by atomic mass is 10.1. The van der Waals surface area contributed by atoms with Gasteiger partial charge in [0.1, 0.15) is 11.6 Å². The second-order valence-corrected chi connectivity index (χ2v) is 4.86. The highest BCUT2D eigenvalue weighted by Crippen LogP contribution is 2.29. The van der Waals surface area contributed by atoms with Crippen LogP contribution in [0.15, 0.2) is 48.5 Å². The van der Waals surface area contributed by atoms with Crippen LogP contribution in [0.2, 0.25) is 0 Å². The Bertz CT molecular complexity index is 802. The molecule has 1 aromatic heterocycles. The maximum absolute atomic E-state index is 13.1. The first-order valence-electron chi connectivity index (χ1n) is 6.70. The average molecular weight is 282 g/mol. The Labute approximate surface area is 122 Å². The Morgan fingerprint density at radius 2 is 1.95 bits per heavy atom. The molecule has 4 heteroatoms. The number of rotatable bonds is 3. The van der Waals surface area contributed by atoms with Gasteiger partial charge in [-0.2, -0.15) is 0 Å². The molecule has 0 aliphatic rings. The minimum absolute atomic E-state index is 0.287. The summed E-state index contributed by atoms with van der Waals surface area (Å²) in [6.45, 7) is 2.12. The van der Waals surface area contributed by atoms with Crippen LogP contribution in [-0.4, -0.2) is 4.98 Å². The van der Waals surface area contributed by atoms with Crippen molar-refractivity contribution in [2.75, 3.05) is 0 Å². The number of fused-ring (bicyclic) bond motifs is 1. The molecule has 3 aromatic rings. The molecule has 106 valence electrons. The van der Waals surface area contributed by atoms with Crippen molar-refractivity contribution in [1.29, 1.82) is 0 Å². The quantitative estimate of drug-likeness (QED) is 0.791. The standard InChI is InChI=1S/C17H15FN2O/c1-11-8-14(18)6-7-16(11)21-17-13(10-19)9-12-4-2-3-5-15(12)20-17/h2-9H,10,19H2,1H3. The number of aryl methyl sites for hydroxylation is 1. The van der Waals surface area contributed by atoms with Gasteiger partial charge >= 0.3 is 0 Å². The fourth-order valence-corrected chi connectivity index (χ4v) is 2.21. The van der Waals surface area contributed by atoms with Crippen molar-refractivity contribution in [3.8, 4) is 11.6 Å². The van der Waals surface area contributed by atoms with Gasteiger partial charge < -0.3 is 10.5 Å². The van der Waals surface area contributed by atoms with E-state index in [9.17, 15) is 4.39 Å². The van der Waals surface area contributed by atoms with Gasteiger partial charge in [-0.15, -0.1) is 0 Å². The van der Waals surface area contributed by atoms with Crippen LogP contribution < -0.4 is 10.5 Å². The molecule has 2 N–H and O–H groups in total. The number of hydrogen-bond acceptors (Lipinski definition) is 3. The van der Waals surface area contributed by atoms with Crippen molar-refractivity contribution >= 4 is 10.9 Å². The van der Waals surface area contributed by atoms with Gasteiger partial charge in [0.25, 0.3) is 0 Å². The van der Waals surface area contributed by atoms with Crippen molar-refractivity contribution < 1.29 is 9.13 Å². The molecule has 0 unspecified atom stereocenters. The summed E-state index contributed by atoms with van der Waals surface area (Å²) in [5.41, 5.74) is 8.15. The molecule has 0 fully saturated rings. The number of nitrogens with zero attached hydrogens (tertiary/aromatic N) is 1. The molecule has 0 amide bonds. The van der Waals surface area contributed by atoms with E-state index in [0.29, 0.717) is 23.7 Å². The molecule has 0 spiro atoms. The van der Waals surface area contributed by atoms with E-state index >= 15 is 0 Å². The number of nitrogens with two attached hydrogens (primary N) is 1. The Hall–Kier alpha value is -2.46. The van der Waals surface area contributed by atoms with Gasteiger partial charge in [-0.05, 0) is 42.8 Å². The monoisotopic (exact) mass is 282 g/mol. The molecular formula is C17H15FN2O. The largest absolute Gasteiger partial charge is 0.438 e. The van der Waals surface area contributed by atoms with Gasteiger partial charge in [0.2, 0.25) is 5.88 Å². The van der Waals surface area contributed by atoms with Crippen molar-refractivity contribution in [1.82, 2.24) is 4.98 Å². The molecule has 0 radical (unpaired) electrons. The molecule has 0 atom stereocenters. The highest BCUT2D eigenvalue weighted by molar-refractivity contribution is 5.80. The average Bonchev–Trinajstić information content (AvgIpc) is 2.49. The van der Waals surface area contributed by atoms with Crippen LogP contribution in [0.1, 0.15) is 11.1 Å². The molecular weight excluding hydrogens is 267 g/mol. The fourth-order valence-electron chi connectivity index (χ4n) is 2.21. The molecule has 2 aromatic carbocycles. The van der Waals surface area contributed by atoms with Crippen molar-refractivity contribution in [3.63, 3.8) is 0 Å². The zero-order valence-electron chi connectivity index (χ0n) is 11.6. The van der Waals surface area contributed by atoms with E-state index in [1.807, 2.05) is 30.3 Å². The van der Waals surface area contributed by atoms with Crippen LogP contribution in [0, 0.1) is 12.7 Å². The molecule has 3 rings (SSSR count). The highest BCUT2D eigenvalue weighted by atomic mass is 19.1. The van der Waals surface area contributed by atoms with Crippen molar-refractivity contribution in [2.24, 2.45) is 5.73 Å².